The van der Waals surface area contributed by atoms with E-state index in [2.05, 4.69) is 46.2 Å². The number of benzene rings is 3. The van der Waals surface area contributed by atoms with Crippen molar-refractivity contribution in [2.24, 2.45) is 9.98 Å². The van der Waals surface area contributed by atoms with Crippen molar-refractivity contribution >= 4 is 29.0 Å². The summed E-state index contributed by atoms with van der Waals surface area (Å²) < 4.78 is 16.4. The standard InChI is InChI=1S/C32H41FN6O/c1-34-15-13-24(38(3)4)14-16-36-32(39-19-22-9-10-23(20-39)37-22)28-12-11-27(30(33)31(28)35-2)29-18-25(40)17-21-7-5-6-8-26(21)29/h5-8,11-12,17-18,22-24,34,37,40H,2,9-10,13-16,19-20H2,1,3-4H3. The van der Waals surface area contributed by atoms with Crippen LogP contribution in [0, 0.1) is 5.82 Å². The average Bonchev–Trinajstić information content (AvgIpc) is 3.29. The lowest BCUT2D eigenvalue weighted by molar-refractivity contribution is 0.264. The van der Waals surface area contributed by atoms with Crippen LogP contribution in [0.3, 0.4) is 0 Å². The van der Waals surface area contributed by atoms with Gasteiger partial charge in [-0.25, -0.2) is 4.39 Å². The first-order valence-electron chi connectivity index (χ1n) is 14.3. The fourth-order valence-corrected chi connectivity index (χ4v) is 6.24. The van der Waals surface area contributed by atoms with Gasteiger partial charge in [0.1, 0.15) is 17.3 Å². The lowest BCUT2D eigenvalue weighted by atomic mass is 9.95. The summed E-state index contributed by atoms with van der Waals surface area (Å²) in [5, 5.41) is 19.0. The van der Waals surface area contributed by atoms with Crippen LogP contribution in [0.4, 0.5) is 10.1 Å². The van der Waals surface area contributed by atoms with Crippen LogP contribution in [0.2, 0.25) is 0 Å². The Bertz CT molecular complexity index is 1380. The van der Waals surface area contributed by atoms with E-state index in [1.54, 1.807) is 18.2 Å². The predicted octanol–water partition coefficient (Wildman–Crippen LogP) is 4.80. The average molecular weight is 545 g/mol. The number of halogens is 1. The number of piperazine rings is 1. The molecule has 3 atom stereocenters. The number of nitrogens with zero attached hydrogens (tertiary/aromatic N) is 4. The number of fused-ring (bicyclic) bond motifs is 3. The van der Waals surface area contributed by atoms with Crippen molar-refractivity contribution in [1.29, 1.82) is 0 Å². The molecular weight excluding hydrogens is 503 g/mol. The lowest BCUT2D eigenvalue weighted by Gasteiger charge is -2.36. The number of hydrogen-bond acceptors (Lipinski definition) is 6. The van der Waals surface area contributed by atoms with Crippen LogP contribution in [-0.2, 0) is 0 Å². The maximum absolute atomic E-state index is 16.4. The predicted molar refractivity (Wildman–Crippen MR) is 164 cm³/mol. The molecule has 0 aromatic heterocycles. The van der Waals surface area contributed by atoms with E-state index >= 15 is 4.39 Å². The molecule has 2 fully saturated rings. The van der Waals surface area contributed by atoms with Crippen molar-refractivity contribution in [3.05, 3.63) is 59.9 Å². The van der Waals surface area contributed by atoms with Crippen molar-refractivity contribution in [2.75, 3.05) is 47.3 Å². The molecule has 0 radical (unpaired) electrons. The molecule has 7 nitrogen and oxygen atoms in total. The number of phenolic OH excluding ortho intramolecular Hbond substituents is 1. The Hall–Kier alpha value is -3.33. The SMILES string of the molecule is C=Nc1c(C(=NCCC(CCNC)N(C)C)N2CC3CCC(C2)N3)ccc(-c2cc(O)cc3ccccc23)c1F. The molecule has 2 heterocycles. The molecule has 5 rings (SSSR count). The van der Waals surface area contributed by atoms with E-state index < -0.39 is 5.82 Å². The number of phenols is 1. The van der Waals surface area contributed by atoms with Crippen molar-refractivity contribution in [2.45, 2.75) is 43.8 Å². The van der Waals surface area contributed by atoms with Crippen LogP contribution in [0.5, 0.6) is 5.75 Å². The molecule has 3 N–H and O–H groups in total. The summed E-state index contributed by atoms with van der Waals surface area (Å²) >= 11 is 0. The summed E-state index contributed by atoms with van der Waals surface area (Å²) in [5.74, 6) is 0.435. The van der Waals surface area contributed by atoms with Crippen molar-refractivity contribution in [1.82, 2.24) is 20.4 Å². The molecule has 0 saturated carbocycles. The maximum Gasteiger partial charge on any atom is 0.157 e. The molecule has 40 heavy (non-hydrogen) atoms. The topological polar surface area (TPSA) is 75.5 Å². The van der Waals surface area contributed by atoms with Crippen LogP contribution in [0.25, 0.3) is 21.9 Å². The molecule has 8 heteroatoms. The second-order valence-corrected chi connectivity index (χ2v) is 11.2. The van der Waals surface area contributed by atoms with Gasteiger partial charge in [-0.2, -0.15) is 0 Å². The van der Waals surface area contributed by atoms with Crippen LogP contribution < -0.4 is 10.6 Å². The number of amidine groups is 1. The van der Waals surface area contributed by atoms with Gasteiger partial charge in [0.05, 0.1) is 0 Å². The summed E-state index contributed by atoms with van der Waals surface area (Å²) in [4.78, 5) is 13.9. The van der Waals surface area contributed by atoms with Gasteiger partial charge in [0.25, 0.3) is 0 Å². The molecule has 2 bridgehead atoms. The Morgan fingerprint density at radius 1 is 1.12 bits per heavy atom. The summed E-state index contributed by atoms with van der Waals surface area (Å²) in [6, 6.07) is 15.9. The van der Waals surface area contributed by atoms with Crippen LogP contribution in [0.15, 0.2) is 58.5 Å². The monoisotopic (exact) mass is 544 g/mol. The highest BCUT2D eigenvalue weighted by atomic mass is 19.1. The zero-order valence-corrected chi connectivity index (χ0v) is 23.8. The lowest BCUT2D eigenvalue weighted by Crippen LogP contribution is -2.53. The van der Waals surface area contributed by atoms with E-state index in [9.17, 15) is 5.11 Å². The third kappa shape index (κ3) is 5.89. The highest BCUT2D eigenvalue weighted by Crippen LogP contribution is 2.39. The Morgan fingerprint density at radius 2 is 1.88 bits per heavy atom. The third-order valence-electron chi connectivity index (χ3n) is 8.35. The highest BCUT2D eigenvalue weighted by Gasteiger charge is 2.35. The molecule has 2 aliphatic heterocycles. The molecule has 2 aliphatic rings. The fraction of sp³-hybridized carbons (Fsp3) is 0.438. The molecule has 3 unspecified atom stereocenters. The van der Waals surface area contributed by atoms with Gasteiger partial charge in [-0.1, -0.05) is 30.3 Å². The van der Waals surface area contributed by atoms with E-state index in [-0.39, 0.29) is 11.4 Å². The van der Waals surface area contributed by atoms with Gasteiger partial charge in [0.15, 0.2) is 5.82 Å². The van der Waals surface area contributed by atoms with Crippen molar-refractivity contribution < 1.29 is 9.50 Å². The Labute approximate surface area is 236 Å². The first kappa shape index (κ1) is 28.2. The smallest absolute Gasteiger partial charge is 0.157 e. The maximum atomic E-state index is 16.4. The van der Waals surface area contributed by atoms with Gasteiger partial charge >= 0.3 is 0 Å². The normalized spacial score (nSPS) is 19.9. The molecule has 2 saturated heterocycles. The molecule has 0 aliphatic carbocycles. The highest BCUT2D eigenvalue weighted by molar-refractivity contribution is 6.05. The number of likely N-dealkylation sites (tertiary alicyclic amines) is 1. The largest absolute Gasteiger partial charge is 0.508 e. The molecule has 3 aromatic rings. The van der Waals surface area contributed by atoms with Crippen molar-refractivity contribution in [3.8, 4) is 16.9 Å². The Morgan fingerprint density at radius 3 is 2.58 bits per heavy atom. The van der Waals surface area contributed by atoms with E-state index in [0.29, 0.717) is 41.4 Å². The third-order valence-corrected chi connectivity index (χ3v) is 8.35. The summed E-state index contributed by atoms with van der Waals surface area (Å²) in [5.41, 5.74) is 1.88. The van der Waals surface area contributed by atoms with E-state index in [1.165, 1.54) is 0 Å². The first-order valence-corrected chi connectivity index (χ1v) is 14.3. The minimum atomic E-state index is -0.450. The minimum Gasteiger partial charge on any atom is -0.508 e. The number of hydrogen-bond donors (Lipinski definition) is 3. The van der Waals surface area contributed by atoms with Gasteiger partial charge in [-0.05, 0) is 94.6 Å². The zero-order chi connectivity index (χ0) is 28.2. The van der Waals surface area contributed by atoms with Crippen LogP contribution >= 0.6 is 0 Å². The van der Waals surface area contributed by atoms with Gasteiger partial charge in [0.2, 0.25) is 0 Å². The van der Waals surface area contributed by atoms with E-state index in [0.717, 1.165) is 61.9 Å². The van der Waals surface area contributed by atoms with Gasteiger partial charge < -0.3 is 25.5 Å². The Balaban J connectivity index is 1.54. The quantitative estimate of drug-likeness (QED) is 0.253. The second kappa shape index (κ2) is 12.5. The molecule has 0 amide bonds. The molecule has 0 spiro atoms. The van der Waals surface area contributed by atoms with Crippen LogP contribution in [-0.4, -0.2) is 92.9 Å². The summed E-state index contributed by atoms with van der Waals surface area (Å²) in [6.45, 7) is 7.02. The number of rotatable bonds is 10. The van der Waals surface area contributed by atoms with Gasteiger partial charge in [0, 0.05) is 48.9 Å². The fourth-order valence-electron chi connectivity index (χ4n) is 6.24. The van der Waals surface area contributed by atoms with Gasteiger partial charge in [-0.3, -0.25) is 9.98 Å². The van der Waals surface area contributed by atoms with E-state index in [1.807, 2.05) is 37.4 Å². The minimum absolute atomic E-state index is 0.0950. The van der Waals surface area contributed by atoms with Crippen LogP contribution in [0.1, 0.15) is 31.2 Å². The molecule has 212 valence electrons. The zero-order valence-electron chi connectivity index (χ0n) is 23.8. The number of aromatic hydroxyl groups is 1. The van der Waals surface area contributed by atoms with E-state index in [4.69, 9.17) is 4.99 Å². The van der Waals surface area contributed by atoms with Crippen molar-refractivity contribution in [3.63, 3.8) is 0 Å². The Kier molecular flexibility index (Phi) is 8.78. The van der Waals surface area contributed by atoms with Gasteiger partial charge in [-0.15, -0.1) is 0 Å². The molecule has 3 aromatic carbocycles. The summed E-state index contributed by atoms with van der Waals surface area (Å²) in [7, 11) is 6.19. The summed E-state index contributed by atoms with van der Waals surface area (Å²) in [6.07, 6.45) is 4.23. The molecular formula is C32H41FN6O. The first-order chi connectivity index (χ1) is 19.4. The number of aliphatic imine (C=N–C) groups is 2. The second-order valence-electron chi connectivity index (χ2n) is 11.2. The number of nitrogens with one attached hydrogen (secondary N) is 2.